The van der Waals surface area contributed by atoms with Gasteiger partial charge in [0.2, 0.25) is 12.2 Å². The van der Waals surface area contributed by atoms with Crippen molar-refractivity contribution in [3.05, 3.63) is 35.9 Å². The summed E-state index contributed by atoms with van der Waals surface area (Å²) in [5.74, 6) is -2.41. The summed E-state index contributed by atoms with van der Waals surface area (Å²) >= 11 is 0. The molecule has 3 N–H and O–H groups in total. The van der Waals surface area contributed by atoms with Gasteiger partial charge in [-0.05, 0) is 11.5 Å². The van der Waals surface area contributed by atoms with Crippen LogP contribution in [0.25, 0.3) is 0 Å². The Morgan fingerprint density at radius 3 is 2.26 bits per heavy atom. The second-order valence-electron chi connectivity index (χ2n) is 6.24. The van der Waals surface area contributed by atoms with E-state index in [9.17, 15) is 19.5 Å². The maximum absolute atomic E-state index is 11.8. The number of ether oxygens (including phenoxy) is 2. The standard InChI is InChI=1S/C18H25N3O6/c1-11(2)15(16(23)24)21(4)17(19)20-18(25)27-12(3)26-14(22)10-13-8-6-5-7-9-13/h5-9,11-12,15H,10H2,1-4H3,(H,23,24)(H2,19,20,25). The van der Waals surface area contributed by atoms with Gasteiger partial charge in [-0.3, -0.25) is 15.5 Å². The predicted octanol–water partition coefficient (Wildman–Crippen LogP) is 1.82. The van der Waals surface area contributed by atoms with Gasteiger partial charge in [-0.25, -0.2) is 9.59 Å². The molecule has 9 nitrogen and oxygen atoms in total. The molecule has 148 valence electrons. The van der Waals surface area contributed by atoms with Crippen molar-refractivity contribution >= 4 is 24.0 Å². The van der Waals surface area contributed by atoms with E-state index in [4.69, 9.17) is 14.9 Å². The molecular weight excluding hydrogens is 354 g/mol. The Bertz CT molecular complexity index is 677. The third kappa shape index (κ3) is 7.35. The Morgan fingerprint density at radius 2 is 1.74 bits per heavy atom. The van der Waals surface area contributed by atoms with Crippen LogP contribution in [0, 0.1) is 11.3 Å². The van der Waals surface area contributed by atoms with E-state index in [0.717, 1.165) is 10.5 Å². The number of amides is 1. The number of carbonyl (C=O) groups is 3. The molecule has 1 aromatic carbocycles. The number of aliphatic carboxylic acids is 1. The van der Waals surface area contributed by atoms with Crippen LogP contribution in [0.3, 0.4) is 0 Å². The molecule has 2 atom stereocenters. The van der Waals surface area contributed by atoms with Crippen LogP contribution in [0.2, 0.25) is 0 Å². The monoisotopic (exact) mass is 379 g/mol. The highest BCUT2D eigenvalue weighted by Crippen LogP contribution is 2.09. The summed E-state index contributed by atoms with van der Waals surface area (Å²) in [4.78, 5) is 36.0. The van der Waals surface area contributed by atoms with Crippen molar-refractivity contribution in [1.82, 2.24) is 10.2 Å². The van der Waals surface area contributed by atoms with Gasteiger partial charge in [0.15, 0.2) is 0 Å². The number of carboxylic acids is 1. The van der Waals surface area contributed by atoms with Gasteiger partial charge in [0, 0.05) is 14.0 Å². The van der Waals surface area contributed by atoms with Gasteiger partial charge >= 0.3 is 18.0 Å². The van der Waals surface area contributed by atoms with Crippen LogP contribution < -0.4 is 5.32 Å². The highest BCUT2D eigenvalue weighted by Gasteiger charge is 2.29. The maximum Gasteiger partial charge on any atom is 0.417 e. The number of hydrogen-bond acceptors (Lipinski definition) is 6. The topological polar surface area (TPSA) is 129 Å². The van der Waals surface area contributed by atoms with Crippen LogP contribution >= 0.6 is 0 Å². The molecule has 1 aromatic rings. The van der Waals surface area contributed by atoms with Crippen molar-refractivity contribution in [3.63, 3.8) is 0 Å². The Balaban J connectivity index is 2.49. The van der Waals surface area contributed by atoms with Crippen LogP contribution in [0.1, 0.15) is 26.3 Å². The summed E-state index contributed by atoms with van der Waals surface area (Å²) in [5.41, 5.74) is 0.760. The average molecular weight is 379 g/mol. The van der Waals surface area contributed by atoms with E-state index in [2.05, 4.69) is 5.32 Å². The number of carboxylic acid groups (broad SMARTS) is 1. The first kappa shape index (κ1) is 21.9. The van der Waals surface area contributed by atoms with Crippen LogP contribution in [0.15, 0.2) is 30.3 Å². The second kappa shape index (κ2) is 10.1. The number of rotatable bonds is 7. The highest BCUT2D eigenvalue weighted by atomic mass is 16.7. The summed E-state index contributed by atoms with van der Waals surface area (Å²) in [5, 5.41) is 19.2. The Kier molecular flexibility index (Phi) is 8.25. The largest absolute Gasteiger partial charge is 0.480 e. The fourth-order valence-electron chi connectivity index (χ4n) is 2.42. The number of nitrogens with one attached hydrogen (secondary N) is 2. The molecule has 1 rings (SSSR count). The van der Waals surface area contributed by atoms with Gasteiger partial charge in [0.1, 0.15) is 6.04 Å². The first-order valence-electron chi connectivity index (χ1n) is 8.37. The van der Waals surface area contributed by atoms with E-state index < -0.39 is 36.3 Å². The van der Waals surface area contributed by atoms with Crippen molar-refractivity contribution in [3.8, 4) is 0 Å². The molecule has 0 spiro atoms. The first-order chi connectivity index (χ1) is 12.6. The Morgan fingerprint density at radius 1 is 1.15 bits per heavy atom. The van der Waals surface area contributed by atoms with Crippen LogP contribution in [-0.4, -0.2) is 53.4 Å². The number of likely N-dealkylation sites (N-methyl/N-ethyl adjacent to an activating group) is 1. The zero-order valence-corrected chi connectivity index (χ0v) is 15.8. The molecule has 0 heterocycles. The Labute approximate surface area is 157 Å². The molecular formula is C18H25N3O6. The van der Waals surface area contributed by atoms with E-state index in [-0.39, 0.29) is 12.3 Å². The molecule has 0 saturated heterocycles. The third-order valence-electron chi connectivity index (χ3n) is 3.64. The zero-order valence-electron chi connectivity index (χ0n) is 15.8. The fraction of sp³-hybridized carbons (Fsp3) is 0.444. The molecule has 27 heavy (non-hydrogen) atoms. The molecule has 0 saturated carbocycles. The quantitative estimate of drug-likeness (QED) is 0.285. The molecule has 0 aliphatic rings. The van der Waals surface area contributed by atoms with Crippen molar-refractivity contribution < 1.29 is 29.0 Å². The van der Waals surface area contributed by atoms with E-state index in [0.29, 0.717) is 0 Å². The van der Waals surface area contributed by atoms with E-state index in [1.807, 2.05) is 6.07 Å². The number of esters is 1. The lowest BCUT2D eigenvalue weighted by Crippen LogP contribution is -2.51. The lowest BCUT2D eigenvalue weighted by Gasteiger charge is -2.29. The molecule has 0 aliphatic carbocycles. The van der Waals surface area contributed by atoms with Crippen molar-refractivity contribution in [2.24, 2.45) is 5.92 Å². The van der Waals surface area contributed by atoms with Gasteiger partial charge in [-0.15, -0.1) is 0 Å². The third-order valence-corrected chi connectivity index (χ3v) is 3.64. The van der Waals surface area contributed by atoms with Gasteiger partial charge in [0.05, 0.1) is 6.42 Å². The SMILES string of the molecule is CC(OC(=O)Cc1ccccc1)OC(=O)NC(=N)N(C)C(C(=O)O)C(C)C. The molecule has 0 aromatic heterocycles. The Hall–Kier alpha value is -3.10. The number of hydrogen-bond donors (Lipinski definition) is 3. The average Bonchev–Trinajstić information content (AvgIpc) is 2.54. The molecule has 1 amide bonds. The predicted molar refractivity (Wildman–Crippen MR) is 97.1 cm³/mol. The fourth-order valence-corrected chi connectivity index (χ4v) is 2.42. The number of nitrogens with zero attached hydrogens (tertiary/aromatic N) is 1. The smallest absolute Gasteiger partial charge is 0.417 e. The molecule has 0 aliphatic heterocycles. The van der Waals surface area contributed by atoms with Crippen molar-refractivity contribution in [2.75, 3.05) is 7.05 Å². The van der Waals surface area contributed by atoms with Crippen LogP contribution in [0.5, 0.6) is 0 Å². The molecule has 0 fully saturated rings. The second-order valence-corrected chi connectivity index (χ2v) is 6.24. The van der Waals surface area contributed by atoms with Crippen LogP contribution in [-0.2, 0) is 25.5 Å². The van der Waals surface area contributed by atoms with Crippen molar-refractivity contribution in [2.45, 2.75) is 39.5 Å². The summed E-state index contributed by atoms with van der Waals surface area (Å²) in [6.45, 7) is 4.74. The van der Waals surface area contributed by atoms with E-state index in [1.54, 1.807) is 38.1 Å². The lowest BCUT2D eigenvalue weighted by atomic mass is 10.0. The zero-order chi connectivity index (χ0) is 20.6. The number of benzene rings is 1. The van der Waals surface area contributed by atoms with Gasteiger partial charge in [-0.1, -0.05) is 44.2 Å². The van der Waals surface area contributed by atoms with Crippen LogP contribution in [0.4, 0.5) is 4.79 Å². The number of alkyl carbamates (subject to hydrolysis) is 1. The first-order valence-corrected chi connectivity index (χ1v) is 8.37. The number of guanidine groups is 1. The van der Waals surface area contributed by atoms with Gasteiger partial charge < -0.3 is 19.5 Å². The van der Waals surface area contributed by atoms with Gasteiger partial charge in [0.25, 0.3) is 0 Å². The lowest BCUT2D eigenvalue weighted by molar-refractivity contribution is -0.163. The molecule has 9 heteroatoms. The minimum Gasteiger partial charge on any atom is -0.480 e. The number of carbonyl (C=O) groups excluding carboxylic acids is 2. The summed E-state index contributed by atoms with van der Waals surface area (Å²) in [6, 6.07) is 7.96. The van der Waals surface area contributed by atoms with Crippen molar-refractivity contribution in [1.29, 1.82) is 5.41 Å². The maximum atomic E-state index is 11.8. The minimum atomic E-state index is -1.17. The van der Waals surface area contributed by atoms with Gasteiger partial charge in [-0.2, -0.15) is 0 Å². The molecule has 2 unspecified atom stereocenters. The summed E-state index contributed by atoms with van der Waals surface area (Å²) in [7, 11) is 1.38. The molecule has 0 bridgehead atoms. The highest BCUT2D eigenvalue weighted by molar-refractivity contribution is 5.94. The normalized spacial score (nSPS) is 12.6. The summed E-state index contributed by atoms with van der Waals surface area (Å²) < 4.78 is 9.86. The minimum absolute atomic E-state index is 0.0311. The molecule has 0 radical (unpaired) electrons. The summed E-state index contributed by atoms with van der Waals surface area (Å²) in [6.07, 6.45) is -2.16. The van der Waals surface area contributed by atoms with E-state index in [1.165, 1.54) is 14.0 Å². The van der Waals surface area contributed by atoms with E-state index >= 15 is 0 Å².